The number of ether oxygens (including phenoxy) is 2. The predicted octanol–water partition coefficient (Wildman–Crippen LogP) is 1.69. The second-order valence-corrected chi connectivity index (χ2v) is 4.57. The molecule has 0 saturated carbocycles. The van der Waals surface area contributed by atoms with Gasteiger partial charge in [0.1, 0.15) is 6.04 Å². The van der Waals surface area contributed by atoms with E-state index < -0.39 is 17.9 Å². The van der Waals surface area contributed by atoms with Gasteiger partial charge in [0.2, 0.25) is 0 Å². The van der Waals surface area contributed by atoms with Gasteiger partial charge in [0.25, 0.3) is 5.91 Å². The van der Waals surface area contributed by atoms with Gasteiger partial charge in [-0.1, -0.05) is 0 Å². The number of carboxylic acids is 1. The molecule has 6 nitrogen and oxygen atoms in total. The van der Waals surface area contributed by atoms with Gasteiger partial charge in [0, 0.05) is 5.56 Å². The van der Waals surface area contributed by atoms with Crippen molar-refractivity contribution in [2.24, 2.45) is 0 Å². The number of nitrogens with one attached hydrogen (secondary N) is 1. The van der Waals surface area contributed by atoms with Crippen molar-refractivity contribution >= 4 is 11.9 Å². The highest BCUT2D eigenvalue weighted by molar-refractivity contribution is 5.97. The molecule has 0 aliphatic heterocycles. The summed E-state index contributed by atoms with van der Waals surface area (Å²) in [6.07, 6.45) is -0.0180. The minimum Gasteiger partial charge on any atom is -0.493 e. The third kappa shape index (κ3) is 4.15. The zero-order valence-corrected chi connectivity index (χ0v) is 12.0. The summed E-state index contributed by atoms with van der Waals surface area (Å²) < 4.78 is 10.7. The van der Waals surface area contributed by atoms with Crippen LogP contribution in [0.2, 0.25) is 0 Å². The van der Waals surface area contributed by atoms with Crippen molar-refractivity contribution in [1.82, 2.24) is 5.32 Å². The molecule has 1 amide bonds. The van der Waals surface area contributed by atoms with Crippen LogP contribution in [0.1, 0.15) is 31.1 Å². The molecule has 0 aliphatic rings. The molecule has 1 aromatic rings. The lowest BCUT2D eigenvalue weighted by Gasteiger charge is -2.15. The molecule has 6 heteroatoms. The van der Waals surface area contributed by atoms with E-state index in [0.717, 1.165) is 0 Å². The first kappa shape index (κ1) is 15.8. The van der Waals surface area contributed by atoms with Crippen LogP contribution in [-0.2, 0) is 4.79 Å². The number of methoxy groups -OCH3 is 1. The molecule has 1 aromatic carbocycles. The van der Waals surface area contributed by atoms with Crippen molar-refractivity contribution in [3.63, 3.8) is 0 Å². The fraction of sp³-hybridized carbons (Fsp3) is 0.429. The second kappa shape index (κ2) is 6.79. The van der Waals surface area contributed by atoms with Crippen LogP contribution in [0.15, 0.2) is 18.2 Å². The number of aliphatic carboxylic acids is 1. The molecule has 0 saturated heterocycles. The first-order chi connectivity index (χ1) is 9.35. The number of hydrogen-bond donors (Lipinski definition) is 2. The lowest BCUT2D eigenvalue weighted by atomic mass is 10.1. The number of rotatable bonds is 6. The van der Waals surface area contributed by atoms with Gasteiger partial charge in [0.15, 0.2) is 11.5 Å². The Kier molecular flexibility index (Phi) is 5.37. The Morgan fingerprint density at radius 1 is 1.20 bits per heavy atom. The van der Waals surface area contributed by atoms with Crippen LogP contribution in [0.25, 0.3) is 0 Å². The monoisotopic (exact) mass is 281 g/mol. The molecule has 0 heterocycles. The van der Waals surface area contributed by atoms with Crippen LogP contribution in [0.3, 0.4) is 0 Å². The molecule has 0 aromatic heterocycles. The zero-order chi connectivity index (χ0) is 15.3. The highest BCUT2D eigenvalue weighted by atomic mass is 16.5. The van der Waals surface area contributed by atoms with Crippen molar-refractivity contribution in [2.75, 3.05) is 7.11 Å². The molecule has 2 N–H and O–H groups in total. The van der Waals surface area contributed by atoms with Crippen molar-refractivity contribution < 1.29 is 24.2 Å². The van der Waals surface area contributed by atoms with E-state index in [1.807, 2.05) is 13.8 Å². The van der Waals surface area contributed by atoms with Crippen LogP contribution >= 0.6 is 0 Å². The Balaban J connectivity index is 2.92. The summed E-state index contributed by atoms with van der Waals surface area (Å²) in [7, 11) is 1.48. The maximum atomic E-state index is 11.9. The van der Waals surface area contributed by atoms with Gasteiger partial charge in [0.05, 0.1) is 13.2 Å². The van der Waals surface area contributed by atoms with Gasteiger partial charge in [-0.05, 0) is 39.0 Å². The van der Waals surface area contributed by atoms with Crippen molar-refractivity contribution in [3.8, 4) is 11.5 Å². The lowest BCUT2D eigenvalue weighted by molar-refractivity contribution is -0.138. The normalized spacial score (nSPS) is 11.8. The highest BCUT2D eigenvalue weighted by Gasteiger charge is 2.17. The largest absolute Gasteiger partial charge is 0.493 e. The van der Waals surface area contributed by atoms with E-state index in [1.54, 1.807) is 12.1 Å². The van der Waals surface area contributed by atoms with Gasteiger partial charge in [-0.3, -0.25) is 9.59 Å². The zero-order valence-electron chi connectivity index (χ0n) is 12.0. The van der Waals surface area contributed by atoms with E-state index in [1.165, 1.54) is 20.1 Å². The summed E-state index contributed by atoms with van der Waals surface area (Å²) in [5.74, 6) is -0.612. The fourth-order valence-electron chi connectivity index (χ4n) is 1.50. The quantitative estimate of drug-likeness (QED) is 0.828. The number of hydrogen-bond acceptors (Lipinski definition) is 4. The maximum absolute atomic E-state index is 11.9. The van der Waals surface area contributed by atoms with Crippen LogP contribution in [0, 0.1) is 0 Å². The average molecular weight is 281 g/mol. The van der Waals surface area contributed by atoms with E-state index in [4.69, 9.17) is 14.6 Å². The fourth-order valence-corrected chi connectivity index (χ4v) is 1.50. The molecule has 0 spiro atoms. The molecular formula is C14H19NO5. The topological polar surface area (TPSA) is 84.9 Å². The maximum Gasteiger partial charge on any atom is 0.325 e. The summed E-state index contributed by atoms with van der Waals surface area (Å²) in [6, 6.07) is 3.74. The van der Waals surface area contributed by atoms with E-state index in [9.17, 15) is 9.59 Å². The summed E-state index contributed by atoms with van der Waals surface area (Å²) in [5.41, 5.74) is 0.311. The number of carbonyl (C=O) groups is 2. The number of amides is 1. The van der Waals surface area contributed by atoms with Gasteiger partial charge < -0.3 is 19.9 Å². The van der Waals surface area contributed by atoms with Gasteiger partial charge in [-0.15, -0.1) is 0 Å². The molecule has 0 radical (unpaired) electrons. The minimum atomic E-state index is -1.09. The average Bonchev–Trinajstić information content (AvgIpc) is 2.38. The SMILES string of the molecule is COc1cc(C(=O)N[C@H](C)C(=O)O)ccc1OC(C)C. The van der Waals surface area contributed by atoms with Gasteiger partial charge >= 0.3 is 5.97 Å². The Labute approximate surface area is 117 Å². The molecule has 1 atom stereocenters. The van der Waals surface area contributed by atoms with E-state index in [-0.39, 0.29) is 6.10 Å². The molecular weight excluding hydrogens is 262 g/mol. The number of carboxylic acid groups (broad SMARTS) is 1. The third-order valence-corrected chi connectivity index (χ3v) is 2.51. The predicted molar refractivity (Wildman–Crippen MR) is 73.3 cm³/mol. The van der Waals surface area contributed by atoms with E-state index >= 15 is 0 Å². The summed E-state index contributed by atoms with van der Waals surface area (Å²) >= 11 is 0. The molecule has 0 bridgehead atoms. The standard InChI is InChI=1S/C14H19NO5/c1-8(2)20-11-6-5-10(7-12(11)19-4)13(16)15-9(3)14(17)18/h5-9H,1-4H3,(H,15,16)(H,17,18)/t9-/m1/s1. The lowest BCUT2D eigenvalue weighted by Crippen LogP contribution is -2.38. The van der Waals surface area contributed by atoms with Crippen molar-refractivity contribution in [1.29, 1.82) is 0 Å². The summed E-state index contributed by atoms with van der Waals surface area (Å²) in [6.45, 7) is 5.16. The molecule has 110 valence electrons. The molecule has 1 rings (SSSR count). The van der Waals surface area contributed by atoms with E-state index in [0.29, 0.717) is 17.1 Å². The summed E-state index contributed by atoms with van der Waals surface area (Å²) in [5, 5.41) is 11.1. The molecule has 0 aliphatic carbocycles. The first-order valence-corrected chi connectivity index (χ1v) is 6.23. The third-order valence-electron chi connectivity index (χ3n) is 2.51. The van der Waals surface area contributed by atoms with Crippen LogP contribution in [0.5, 0.6) is 11.5 Å². The Morgan fingerprint density at radius 3 is 2.35 bits per heavy atom. The Hall–Kier alpha value is -2.24. The Bertz CT molecular complexity index is 498. The minimum absolute atomic E-state index is 0.0180. The molecule has 0 unspecified atom stereocenters. The van der Waals surface area contributed by atoms with Crippen molar-refractivity contribution in [3.05, 3.63) is 23.8 Å². The first-order valence-electron chi connectivity index (χ1n) is 6.23. The molecule has 0 fully saturated rings. The van der Waals surface area contributed by atoms with Gasteiger partial charge in [-0.25, -0.2) is 0 Å². The van der Waals surface area contributed by atoms with Crippen LogP contribution in [-0.4, -0.2) is 36.2 Å². The molecule has 20 heavy (non-hydrogen) atoms. The number of benzene rings is 1. The van der Waals surface area contributed by atoms with Crippen molar-refractivity contribution in [2.45, 2.75) is 32.9 Å². The van der Waals surface area contributed by atoms with Crippen LogP contribution < -0.4 is 14.8 Å². The smallest absolute Gasteiger partial charge is 0.325 e. The second-order valence-electron chi connectivity index (χ2n) is 4.57. The van der Waals surface area contributed by atoms with Crippen LogP contribution in [0.4, 0.5) is 0 Å². The summed E-state index contributed by atoms with van der Waals surface area (Å²) in [4.78, 5) is 22.6. The number of carbonyl (C=O) groups excluding carboxylic acids is 1. The highest BCUT2D eigenvalue weighted by Crippen LogP contribution is 2.28. The van der Waals surface area contributed by atoms with Gasteiger partial charge in [-0.2, -0.15) is 0 Å². The van der Waals surface area contributed by atoms with E-state index in [2.05, 4.69) is 5.32 Å². The Morgan fingerprint density at radius 2 is 1.85 bits per heavy atom.